The molecule has 0 radical (unpaired) electrons. The van der Waals surface area contributed by atoms with Crippen molar-refractivity contribution in [1.29, 1.82) is 0 Å². The molecule has 0 aromatic carbocycles. The van der Waals surface area contributed by atoms with Crippen LogP contribution in [0.15, 0.2) is 23.2 Å². The summed E-state index contributed by atoms with van der Waals surface area (Å²) in [6, 6.07) is 0.0598. The van der Waals surface area contributed by atoms with E-state index in [4.69, 9.17) is 15.7 Å². The third-order valence-corrected chi connectivity index (χ3v) is 4.83. The van der Waals surface area contributed by atoms with E-state index < -0.39 is 0 Å². The Morgan fingerprint density at radius 2 is 2.38 bits per heavy atom. The van der Waals surface area contributed by atoms with Crippen LogP contribution in [-0.2, 0) is 0 Å². The molecule has 0 fully saturated rings. The van der Waals surface area contributed by atoms with Crippen LogP contribution in [0.4, 0.5) is 0 Å². The molecule has 21 heavy (non-hydrogen) atoms. The lowest BCUT2D eigenvalue weighted by Crippen LogP contribution is -2.33. The van der Waals surface area contributed by atoms with Gasteiger partial charge in [-0.05, 0) is 25.5 Å². The fraction of sp³-hybridized carbons (Fsp3) is 0.500. The Hall–Kier alpha value is -1.30. The largest absolute Gasteiger partial charge is 0.324 e. The van der Waals surface area contributed by atoms with Crippen LogP contribution in [0, 0.1) is 5.92 Å². The van der Waals surface area contributed by atoms with Crippen LogP contribution in [0.1, 0.15) is 24.8 Å². The van der Waals surface area contributed by atoms with Gasteiger partial charge in [-0.1, -0.05) is 36.5 Å². The SMILES string of the molecule is CCCNCC1C=c2nc(C3=CC=CCC3N)sc2=NC1. The highest BCUT2D eigenvalue weighted by atomic mass is 32.1. The van der Waals surface area contributed by atoms with Gasteiger partial charge in [-0.3, -0.25) is 4.99 Å². The first-order valence-electron chi connectivity index (χ1n) is 7.64. The van der Waals surface area contributed by atoms with E-state index >= 15 is 0 Å². The minimum Gasteiger partial charge on any atom is -0.324 e. The summed E-state index contributed by atoms with van der Waals surface area (Å²) in [5.41, 5.74) is 7.31. The number of thiazole rings is 1. The minimum atomic E-state index is 0.0598. The summed E-state index contributed by atoms with van der Waals surface area (Å²) in [6.07, 6.45) is 10.6. The number of fused-ring (bicyclic) bond motifs is 1. The van der Waals surface area contributed by atoms with Crippen molar-refractivity contribution in [3.63, 3.8) is 0 Å². The molecular formula is C16H22N4S. The average Bonchev–Trinajstić information content (AvgIpc) is 2.91. The summed E-state index contributed by atoms with van der Waals surface area (Å²) in [5.74, 6) is 0.452. The van der Waals surface area contributed by atoms with E-state index in [1.54, 1.807) is 11.3 Å². The number of hydrogen-bond acceptors (Lipinski definition) is 5. The van der Waals surface area contributed by atoms with Gasteiger partial charge < -0.3 is 11.1 Å². The maximum absolute atomic E-state index is 6.17. The van der Waals surface area contributed by atoms with Crippen LogP contribution >= 0.6 is 11.3 Å². The smallest absolute Gasteiger partial charge is 0.138 e. The maximum Gasteiger partial charge on any atom is 0.138 e. The van der Waals surface area contributed by atoms with Gasteiger partial charge in [0.2, 0.25) is 0 Å². The number of rotatable bonds is 5. The molecule has 1 aliphatic carbocycles. The van der Waals surface area contributed by atoms with Gasteiger partial charge in [0, 0.05) is 30.6 Å². The molecule has 0 saturated carbocycles. The molecule has 3 N–H and O–H groups in total. The number of nitrogens with one attached hydrogen (secondary N) is 1. The first-order valence-corrected chi connectivity index (χ1v) is 8.46. The molecule has 2 atom stereocenters. The average molecular weight is 302 g/mol. The Morgan fingerprint density at radius 1 is 1.48 bits per heavy atom. The quantitative estimate of drug-likeness (QED) is 0.793. The molecule has 4 nitrogen and oxygen atoms in total. The van der Waals surface area contributed by atoms with Crippen molar-refractivity contribution < 1.29 is 0 Å². The van der Waals surface area contributed by atoms with Gasteiger partial charge >= 0.3 is 0 Å². The first-order chi connectivity index (χ1) is 10.3. The van der Waals surface area contributed by atoms with E-state index in [1.807, 2.05) is 0 Å². The van der Waals surface area contributed by atoms with Gasteiger partial charge in [0.1, 0.15) is 9.68 Å². The summed E-state index contributed by atoms with van der Waals surface area (Å²) in [4.78, 5) is 9.46. The summed E-state index contributed by atoms with van der Waals surface area (Å²) < 4.78 is 1.05. The molecule has 2 aliphatic rings. The third-order valence-electron chi connectivity index (χ3n) is 3.78. The number of aromatic nitrogens is 1. The summed E-state index contributed by atoms with van der Waals surface area (Å²) in [6.45, 7) is 5.08. The second-order valence-electron chi connectivity index (χ2n) is 5.57. The fourth-order valence-electron chi connectivity index (χ4n) is 2.61. The molecule has 1 aromatic heterocycles. The number of allylic oxidation sites excluding steroid dienone is 2. The topological polar surface area (TPSA) is 63.3 Å². The van der Waals surface area contributed by atoms with E-state index in [1.165, 1.54) is 0 Å². The van der Waals surface area contributed by atoms with Crippen LogP contribution in [0.25, 0.3) is 11.6 Å². The Kier molecular flexibility index (Phi) is 4.63. The van der Waals surface area contributed by atoms with Crippen molar-refractivity contribution in [3.05, 3.63) is 33.3 Å². The van der Waals surface area contributed by atoms with Crippen LogP contribution in [0.2, 0.25) is 0 Å². The van der Waals surface area contributed by atoms with E-state index in [9.17, 15) is 0 Å². The Morgan fingerprint density at radius 3 is 3.19 bits per heavy atom. The molecule has 0 saturated heterocycles. The zero-order chi connectivity index (χ0) is 14.7. The summed E-state index contributed by atoms with van der Waals surface area (Å²) in [7, 11) is 0. The van der Waals surface area contributed by atoms with Gasteiger partial charge in [-0.2, -0.15) is 0 Å². The molecule has 1 aliphatic heterocycles. The van der Waals surface area contributed by atoms with E-state index in [2.05, 4.69) is 36.5 Å². The Balaban J connectivity index is 1.82. The molecule has 0 bridgehead atoms. The summed E-state index contributed by atoms with van der Waals surface area (Å²) in [5, 5.41) is 5.52. The van der Waals surface area contributed by atoms with Crippen LogP contribution in [0.3, 0.4) is 0 Å². The standard InChI is InChI=1S/C16H22N4S/c1-2-7-18-9-11-8-14-16(19-10-11)21-15(20-14)12-5-3-4-6-13(12)17/h3-5,8,11,13,18H,2,6-7,9-10,17H2,1H3. The van der Waals surface area contributed by atoms with Crippen molar-refractivity contribution in [2.75, 3.05) is 19.6 Å². The van der Waals surface area contributed by atoms with Gasteiger partial charge in [0.05, 0.1) is 5.35 Å². The molecule has 0 spiro atoms. The van der Waals surface area contributed by atoms with E-state index in [0.29, 0.717) is 5.92 Å². The van der Waals surface area contributed by atoms with E-state index in [-0.39, 0.29) is 6.04 Å². The lowest BCUT2D eigenvalue weighted by Gasteiger charge is -2.14. The van der Waals surface area contributed by atoms with Crippen molar-refractivity contribution in [3.8, 4) is 0 Å². The third kappa shape index (κ3) is 3.31. The van der Waals surface area contributed by atoms with Crippen molar-refractivity contribution in [2.24, 2.45) is 16.6 Å². The van der Waals surface area contributed by atoms with Crippen molar-refractivity contribution in [1.82, 2.24) is 10.3 Å². The number of nitrogens with zero attached hydrogens (tertiary/aromatic N) is 2. The lowest BCUT2D eigenvalue weighted by atomic mass is 10.0. The Bertz CT molecular complexity index is 671. The van der Waals surface area contributed by atoms with E-state index in [0.717, 1.165) is 53.1 Å². The zero-order valence-corrected chi connectivity index (χ0v) is 13.2. The second kappa shape index (κ2) is 6.64. The number of nitrogens with two attached hydrogens (primary N) is 1. The monoisotopic (exact) mass is 302 g/mol. The Labute approximate surface area is 129 Å². The van der Waals surface area contributed by atoms with Gasteiger partial charge in [0.25, 0.3) is 0 Å². The predicted molar refractivity (Wildman–Crippen MR) is 88.6 cm³/mol. The first kappa shape index (κ1) is 14.6. The van der Waals surface area contributed by atoms with Crippen LogP contribution in [0.5, 0.6) is 0 Å². The molecule has 2 unspecified atom stereocenters. The van der Waals surface area contributed by atoms with Gasteiger partial charge in [-0.15, -0.1) is 0 Å². The van der Waals surface area contributed by atoms with Gasteiger partial charge in [-0.25, -0.2) is 4.98 Å². The maximum atomic E-state index is 6.17. The van der Waals surface area contributed by atoms with Crippen molar-refractivity contribution >= 4 is 23.0 Å². The molecule has 3 rings (SSSR count). The summed E-state index contributed by atoms with van der Waals surface area (Å²) >= 11 is 1.66. The van der Waals surface area contributed by atoms with Crippen molar-refractivity contribution in [2.45, 2.75) is 25.8 Å². The second-order valence-corrected chi connectivity index (χ2v) is 6.55. The normalized spacial score (nSPS) is 24.0. The highest BCUT2D eigenvalue weighted by molar-refractivity contribution is 7.10. The highest BCUT2D eigenvalue weighted by Crippen LogP contribution is 2.22. The molecule has 5 heteroatoms. The predicted octanol–water partition coefficient (Wildman–Crippen LogP) is 0.843. The highest BCUT2D eigenvalue weighted by Gasteiger charge is 2.18. The zero-order valence-electron chi connectivity index (χ0n) is 12.4. The fourth-order valence-corrected chi connectivity index (χ4v) is 3.63. The molecular weight excluding hydrogens is 280 g/mol. The lowest BCUT2D eigenvalue weighted by molar-refractivity contribution is 0.573. The molecule has 2 heterocycles. The minimum absolute atomic E-state index is 0.0598. The number of hydrogen-bond donors (Lipinski definition) is 2. The van der Waals surface area contributed by atoms with Gasteiger partial charge in [0.15, 0.2) is 0 Å². The molecule has 112 valence electrons. The van der Waals surface area contributed by atoms with Crippen LogP contribution in [-0.4, -0.2) is 30.7 Å². The molecule has 1 aromatic rings. The van der Waals surface area contributed by atoms with Crippen LogP contribution < -0.4 is 21.1 Å². The molecule has 0 amide bonds.